The van der Waals surface area contributed by atoms with E-state index in [4.69, 9.17) is 4.74 Å². The number of hydrogen-bond donors (Lipinski definition) is 1. The summed E-state index contributed by atoms with van der Waals surface area (Å²) >= 11 is 0. The highest BCUT2D eigenvalue weighted by Gasteiger charge is 2.37. The summed E-state index contributed by atoms with van der Waals surface area (Å²) in [4.78, 5) is 36.0. The second kappa shape index (κ2) is 10.9. The Morgan fingerprint density at radius 3 is 2.54 bits per heavy atom. The SMILES string of the molecule is Cc1ccc(S(=O)(=O)n2ccc3nc(NCC(=O)C4CN(C(=O)OCc5ccccc5)C[C@H]4C)cnc32)cc1. The number of nitrogens with one attached hydrogen (secondary N) is 1. The molecule has 0 saturated carbocycles. The van der Waals surface area contributed by atoms with Crippen LogP contribution in [0.15, 0.2) is 78.0 Å². The first-order valence-corrected chi connectivity index (χ1v) is 14.0. The van der Waals surface area contributed by atoms with Gasteiger partial charge < -0.3 is 15.0 Å². The van der Waals surface area contributed by atoms with Crippen molar-refractivity contribution in [2.24, 2.45) is 11.8 Å². The number of aryl methyl sites for hydroxylation is 1. The average molecular weight is 548 g/mol. The van der Waals surface area contributed by atoms with Gasteiger partial charge in [-0.1, -0.05) is 55.0 Å². The number of hydrogen-bond acceptors (Lipinski definition) is 8. The van der Waals surface area contributed by atoms with Crippen LogP contribution in [-0.4, -0.2) is 58.8 Å². The van der Waals surface area contributed by atoms with Gasteiger partial charge in [0.05, 0.1) is 17.6 Å². The third-order valence-electron chi connectivity index (χ3n) is 6.87. The van der Waals surface area contributed by atoms with E-state index in [1.54, 1.807) is 35.2 Å². The van der Waals surface area contributed by atoms with Gasteiger partial charge in [-0.05, 0) is 36.6 Å². The molecule has 0 spiro atoms. The Kier molecular flexibility index (Phi) is 7.34. The summed E-state index contributed by atoms with van der Waals surface area (Å²) in [6.07, 6.45) is 2.39. The maximum absolute atomic E-state index is 13.1. The standard InChI is InChI=1S/C28H29N5O5S/c1-19-8-10-22(11-9-19)39(36,37)33-13-12-24-27(33)30-15-26(31-24)29-14-25(34)23-17-32(16-20(23)2)28(35)38-18-21-6-4-3-5-7-21/h3-13,15,20,23H,14,16-18H2,1-2H3,(H,29,31)/t20-,23?/m1/s1. The van der Waals surface area contributed by atoms with Crippen LogP contribution in [0, 0.1) is 18.8 Å². The van der Waals surface area contributed by atoms with E-state index in [9.17, 15) is 18.0 Å². The predicted molar refractivity (Wildman–Crippen MR) is 146 cm³/mol. The van der Waals surface area contributed by atoms with Gasteiger partial charge in [-0.2, -0.15) is 0 Å². The Morgan fingerprint density at radius 1 is 1.05 bits per heavy atom. The molecule has 10 nitrogen and oxygen atoms in total. The summed E-state index contributed by atoms with van der Waals surface area (Å²) in [6, 6.07) is 17.6. The van der Waals surface area contributed by atoms with E-state index in [1.165, 1.54) is 12.4 Å². The normalized spacial score (nSPS) is 17.3. The molecule has 202 valence electrons. The van der Waals surface area contributed by atoms with Gasteiger partial charge in [0.1, 0.15) is 17.9 Å². The van der Waals surface area contributed by atoms with E-state index in [0.717, 1.165) is 15.1 Å². The zero-order valence-corrected chi connectivity index (χ0v) is 22.5. The average Bonchev–Trinajstić information content (AvgIpc) is 3.55. The molecular weight excluding hydrogens is 518 g/mol. The van der Waals surface area contributed by atoms with Gasteiger partial charge in [0, 0.05) is 25.2 Å². The third-order valence-corrected chi connectivity index (χ3v) is 8.55. The molecule has 2 aromatic heterocycles. The molecule has 1 aliphatic rings. The van der Waals surface area contributed by atoms with Crippen LogP contribution >= 0.6 is 0 Å². The van der Waals surface area contributed by atoms with Crippen molar-refractivity contribution in [3.63, 3.8) is 0 Å². The van der Waals surface area contributed by atoms with E-state index in [-0.39, 0.29) is 41.3 Å². The molecule has 1 unspecified atom stereocenters. The van der Waals surface area contributed by atoms with Gasteiger partial charge in [-0.25, -0.2) is 27.2 Å². The summed E-state index contributed by atoms with van der Waals surface area (Å²) in [6.45, 7) is 4.75. The van der Waals surface area contributed by atoms with Crippen molar-refractivity contribution in [2.75, 3.05) is 25.0 Å². The first-order chi connectivity index (χ1) is 18.7. The second-order valence-electron chi connectivity index (χ2n) is 9.74. The molecular formula is C28H29N5O5S. The summed E-state index contributed by atoms with van der Waals surface area (Å²) in [5.41, 5.74) is 2.43. The quantitative estimate of drug-likeness (QED) is 0.353. The smallest absolute Gasteiger partial charge is 0.410 e. The maximum Gasteiger partial charge on any atom is 0.410 e. The number of ketones is 1. The first-order valence-electron chi connectivity index (χ1n) is 12.6. The number of fused-ring (bicyclic) bond motifs is 1. The second-order valence-corrected chi connectivity index (χ2v) is 11.6. The van der Waals surface area contributed by atoms with Gasteiger partial charge in [0.25, 0.3) is 10.0 Å². The molecule has 3 heterocycles. The Balaban J connectivity index is 1.19. The molecule has 39 heavy (non-hydrogen) atoms. The van der Waals surface area contributed by atoms with Crippen LogP contribution in [0.1, 0.15) is 18.1 Å². The highest BCUT2D eigenvalue weighted by Crippen LogP contribution is 2.25. The molecule has 0 radical (unpaired) electrons. The number of benzene rings is 2. The zero-order valence-electron chi connectivity index (χ0n) is 21.6. The topological polar surface area (TPSA) is 123 Å². The molecule has 1 amide bonds. The van der Waals surface area contributed by atoms with Crippen molar-refractivity contribution >= 4 is 38.9 Å². The number of aromatic nitrogens is 3. The van der Waals surface area contributed by atoms with E-state index in [1.807, 2.05) is 44.2 Å². The van der Waals surface area contributed by atoms with Crippen molar-refractivity contribution in [3.8, 4) is 0 Å². The monoisotopic (exact) mass is 547 g/mol. The molecule has 1 saturated heterocycles. The number of Topliss-reactive ketones (excluding diaryl/α,β-unsaturated/α-hetero) is 1. The lowest BCUT2D eigenvalue weighted by atomic mass is 9.93. The van der Waals surface area contributed by atoms with Crippen LogP contribution in [0.2, 0.25) is 0 Å². The number of amides is 1. The minimum Gasteiger partial charge on any atom is -0.445 e. The molecule has 1 aliphatic heterocycles. The number of carbonyl (C=O) groups is 2. The third kappa shape index (κ3) is 5.63. The van der Waals surface area contributed by atoms with Crippen LogP contribution in [0.4, 0.5) is 10.6 Å². The lowest BCUT2D eigenvalue weighted by molar-refractivity contribution is -0.121. The van der Waals surface area contributed by atoms with Crippen LogP contribution in [0.25, 0.3) is 11.2 Å². The zero-order chi connectivity index (χ0) is 27.6. The number of rotatable bonds is 8. The molecule has 2 aromatic carbocycles. The van der Waals surface area contributed by atoms with E-state index >= 15 is 0 Å². The fourth-order valence-electron chi connectivity index (χ4n) is 4.64. The number of anilines is 1. The van der Waals surface area contributed by atoms with Crippen LogP contribution in [0.3, 0.4) is 0 Å². The van der Waals surface area contributed by atoms with Gasteiger partial charge >= 0.3 is 6.09 Å². The van der Waals surface area contributed by atoms with Crippen LogP contribution in [-0.2, 0) is 26.2 Å². The fraction of sp³-hybridized carbons (Fsp3) is 0.286. The summed E-state index contributed by atoms with van der Waals surface area (Å²) in [7, 11) is -3.83. The van der Waals surface area contributed by atoms with E-state index < -0.39 is 16.1 Å². The predicted octanol–water partition coefficient (Wildman–Crippen LogP) is 3.86. The molecule has 1 fully saturated rings. The lowest BCUT2D eigenvalue weighted by Crippen LogP contribution is -2.31. The minimum absolute atomic E-state index is 0.00443. The molecule has 2 atom stereocenters. The number of likely N-dealkylation sites (tertiary alicyclic amines) is 1. The molecule has 0 aliphatic carbocycles. The van der Waals surface area contributed by atoms with Crippen LogP contribution < -0.4 is 5.32 Å². The van der Waals surface area contributed by atoms with Crippen molar-refractivity contribution in [1.82, 2.24) is 18.8 Å². The van der Waals surface area contributed by atoms with Crippen molar-refractivity contribution < 1.29 is 22.7 Å². The van der Waals surface area contributed by atoms with E-state index in [2.05, 4.69) is 15.3 Å². The Hall–Kier alpha value is -4.25. The maximum atomic E-state index is 13.1. The number of carbonyl (C=O) groups excluding carboxylic acids is 2. The summed E-state index contributed by atoms with van der Waals surface area (Å²) in [5, 5.41) is 2.99. The molecule has 1 N–H and O–H groups in total. The molecule has 4 aromatic rings. The molecule has 11 heteroatoms. The van der Waals surface area contributed by atoms with Gasteiger partial charge in [-0.15, -0.1) is 0 Å². The molecule has 0 bridgehead atoms. The van der Waals surface area contributed by atoms with Crippen LogP contribution in [0.5, 0.6) is 0 Å². The van der Waals surface area contributed by atoms with Gasteiger partial charge in [0.15, 0.2) is 11.4 Å². The fourth-order valence-corrected chi connectivity index (χ4v) is 5.94. The Bertz CT molecular complexity index is 1600. The number of ether oxygens (including phenoxy) is 1. The number of nitrogens with zero attached hydrogens (tertiary/aromatic N) is 4. The Morgan fingerprint density at radius 2 is 1.79 bits per heavy atom. The lowest BCUT2D eigenvalue weighted by Gasteiger charge is -2.16. The van der Waals surface area contributed by atoms with Crippen molar-refractivity contribution in [2.45, 2.75) is 25.3 Å². The summed E-state index contributed by atoms with van der Waals surface area (Å²) in [5.74, 6) is -0.0502. The molecule has 5 rings (SSSR count). The first kappa shape index (κ1) is 26.4. The summed E-state index contributed by atoms with van der Waals surface area (Å²) < 4.78 is 32.7. The van der Waals surface area contributed by atoms with Crippen molar-refractivity contribution in [1.29, 1.82) is 0 Å². The highest BCUT2D eigenvalue weighted by atomic mass is 32.2. The Labute approximate surface area is 226 Å². The van der Waals surface area contributed by atoms with Gasteiger partial charge in [-0.3, -0.25) is 4.79 Å². The minimum atomic E-state index is -3.83. The van der Waals surface area contributed by atoms with Crippen molar-refractivity contribution in [3.05, 3.63) is 84.2 Å². The van der Waals surface area contributed by atoms with Gasteiger partial charge in [0.2, 0.25) is 0 Å². The largest absolute Gasteiger partial charge is 0.445 e. The van der Waals surface area contributed by atoms with E-state index in [0.29, 0.717) is 24.4 Å². The highest BCUT2D eigenvalue weighted by molar-refractivity contribution is 7.90.